The lowest BCUT2D eigenvalue weighted by Crippen LogP contribution is -2.40. The molecule has 3 aromatic rings. The molecule has 2 amide bonds. The topological polar surface area (TPSA) is 136 Å². The minimum Gasteiger partial charge on any atom is -0.364 e. The van der Waals surface area contributed by atoms with E-state index in [-0.39, 0.29) is 42.2 Å². The van der Waals surface area contributed by atoms with Crippen LogP contribution in [0.5, 0.6) is 0 Å². The van der Waals surface area contributed by atoms with E-state index in [2.05, 4.69) is 5.10 Å². The molecule has 0 aliphatic carbocycles. The Morgan fingerprint density at radius 1 is 0.971 bits per heavy atom. The first-order chi connectivity index (χ1) is 16.2. The van der Waals surface area contributed by atoms with Crippen LogP contribution in [0.25, 0.3) is 10.8 Å². The molecule has 0 atom stereocenters. The lowest BCUT2D eigenvalue weighted by Gasteiger charge is -2.22. The number of carbonyl (C=O) groups is 2. The molecule has 4 rings (SSSR count). The van der Waals surface area contributed by atoms with E-state index >= 15 is 0 Å². The largest absolute Gasteiger partial charge is 0.364 e. The van der Waals surface area contributed by atoms with Crippen LogP contribution in [0.3, 0.4) is 0 Å². The number of hydrogen-bond acceptors (Lipinski definition) is 6. The van der Waals surface area contributed by atoms with Crippen molar-refractivity contribution in [3.05, 3.63) is 70.4 Å². The maximum Gasteiger partial charge on any atom is 0.275 e. The number of nitrogens with two attached hydrogens (primary N) is 1. The van der Waals surface area contributed by atoms with Gasteiger partial charge in [-0.3, -0.25) is 14.4 Å². The third-order valence-corrected chi connectivity index (χ3v) is 7.56. The van der Waals surface area contributed by atoms with Crippen LogP contribution in [0.4, 0.5) is 4.39 Å². The summed E-state index contributed by atoms with van der Waals surface area (Å²) in [6.07, 6.45) is 0.374. The van der Waals surface area contributed by atoms with E-state index < -0.39 is 39.8 Å². The van der Waals surface area contributed by atoms with Gasteiger partial charge in [-0.25, -0.2) is 17.5 Å². The molecule has 0 unspecified atom stereocenters. The van der Waals surface area contributed by atoms with Gasteiger partial charge in [-0.2, -0.15) is 9.40 Å². The second kappa shape index (κ2) is 9.31. The molecule has 12 heteroatoms. The summed E-state index contributed by atoms with van der Waals surface area (Å²) in [5.74, 6) is -1.81. The highest BCUT2D eigenvalue weighted by atomic mass is 32.2. The minimum atomic E-state index is -3.85. The summed E-state index contributed by atoms with van der Waals surface area (Å²) >= 11 is 0. The highest BCUT2D eigenvalue weighted by Crippen LogP contribution is 2.18. The number of hydrogen-bond donors (Lipinski definition) is 1. The Labute approximate surface area is 194 Å². The lowest BCUT2D eigenvalue weighted by atomic mass is 10.1. The van der Waals surface area contributed by atoms with Crippen molar-refractivity contribution in [1.29, 1.82) is 0 Å². The zero-order valence-electron chi connectivity index (χ0n) is 18.1. The minimum absolute atomic E-state index is 0.0282. The van der Waals surface area contributed by atoms with Crippen molar-refractivity contribution in [2.24, 2.45) is 5.73 Å². The van der Waals surface area contributed by atoms with Crippen LogP contribution in [-0.2, 0) is 21.4 Å². The van der Waals surface area contributed by atoms with E-state index in [9.17, 15) is 27.2 Å². The molecule has 2 heterocycles. The second-order valence-electron chi connectivity index (χ2n) is 7.81. The molecule has 10 nitrogen and oxygen atoms in total. The summed E-state index contributed by atoms with van der Waals surface area (Å²) in [7, 11) is -3.85. The van der Waals surface area contributed by atoms with Crippen molar-refractivity contribution in [3.8, 4) is 0 Å². The molecule has 2 aromatic carbocycles. The molecule has 0 spiro atoms. The fourth-order valence-corrected chi connectivity index (χ4v) is 5.36. The van der Waals surface area contributed by atoms with Gasteiger partial charge in [-0.1, -0.05) is 18.2 Å². The molecule has 2 N–H and O–H groups in total. The molecule has 1 aliphatic rings. The summed E-state index contributed by atoms with van der Waals surface area (Å²) in [6, 6.07) is 10.9. The number of fused-ring (bicyclic) bond motifs is 1. The van der Waals surface area contributed by atoms with E-state index in [0.717, 1.165) is 16.8 Å². The van der Waals surface area contributed by atoms with E-state index in [1.807, 2.05) is 0 Å². The number of rotatable bonds is 5. The number of nitrogens with zero attached hydrogens (tertiary/aromatic N) is 4. The maximum atomic E-state index is 13.2. The Morgan fingerprint density at radius 3 is 2.32 bits per heavy atom. The molecule has 0 saturated carbocycles. The van der Waals surface area contributed by atoms with E-state index in [0.29, 0.717) is 11.8 Å². The lowest BCUT2D eigenvalue weighted by molar-refractivity contribution is -0.132. The van der Waals surface area contributed by atoms with Crippen molar-refractivity contribution in [2.75, 3.05) is 26.2 Å². The monoisotopic (exact) mass is 487 g/mol. The normalized spacial score (nSPS) is 15.3. The molecule has 178 valence electrons. The Bertz CT molecular complexity index is 1420. The van der Waals surface area contributed by atoms with Crippen LogP contribution in [0.1, 0.15) is 16.9 Å². The van der Waals surface area contributed by atoms with E-state index in [1.165, 1.54) is 27.4 Å². The van der Waals surface area contributed by atoms with Gasteiger partial charge in [-0.15, -0.1) is 0 Å². The van der Waals surface area contributed by atoms with Crippen LogP contribution in [0, 0.1) is 5.82 Å². The Balaban J connectivity index is 1.52. The number of carbonyl (C=O) groups excluding carboxylic acids is 2. The average molecular weight is 488 g/mol. The van der Waals surface area contributed by atoms with Gasteiger partial charge in [0.05, 0.1) is 10.3 Å². The predicted octanol–water partition coefficient (Wildman–Crippen LogP) is 0.558. The fourth-order valence-electron chi connectivity index (χ4n) is 3.89. The quantitative estimate of drug-likeness (QED) is 0.559. The third-order valence-electron chi connectivity index (χ3n) is 5.65. The summed E-state index contributed by atoms with van der Waals surface area (Å²) in [4.78, 5) is 39.0. The van der Waals surface area contributed by atoms with Gasteiger partial charge in [0, 0.05) is 31.6 Å². The van der Waals surface area contributed by atoms with E-state index in [1.54, 1.807) is 18.2 Å². The van der Waals surface area contributed by atoms with Crippen LogP contribution >= 0.6 is 0 Å². The van der Waals surface area contributed by atoms with Crippen LogP contribution < -0.4 is 11.3 Å². The molecule has 1 aliphatic heterocycles. The van der Waals surface area contributed by atoms with Gasteiger partial charge in [0.15, 0.2) is 5.69 Å². The molecule has 1 fully saturated rings. The number of amides is 2. The van der Waals surface area contributed by atoms with Gasteiger partial charge in [0.2, 0.25) is 15.9 Å². The molecular weight excluding hydrogens is 465 g/mol. The molecule has 1 aromatic heterocycles. The zero-order chi connectivity index (χ0) is 24.5. The summed E-state index contributed by atoms with van der Waals surface area (Å²) in [6.45, 7) is 0.180. The van der Waals surface area contributed by atoms with Gasteiger partial charge < -0.3 is 10.6 Å². The Hall–Kier alpha value is -3.64. The smallest absolute Gasteiger partial charge is 0.275 e. The standard InChI is InChI=1S/C22H22FN5O5S/c23-15-6-8-16(9-7-15)34(32,33)27-11-3-10-26(12-13-27)19(29)14-28-22(31)18-5-2-1-4-17(18)20(25-28)21(24)30/h1-2,4-9H,3,10-14H2,(H2,24,30). The zero-order valence-corrected chi connectivity index (χ0v) is 18.9. The van der Waals surface area contributed by atoms with E-state index in [4.69, 9.17) is 5.73 Å². The molecule has 34 heavy (non-hydrogen) atoms. The molecule has 0 radical (unpaired) electrons. The highest BCUT2D eigenvalue weighted by molar-refractivity contribution is 7.89. The van der Waals surface area contributed by atoms with Crippen molar-refractivity contribution in [1.82, 2.24) is 19.0 Å². The number of aromatic nitrogens is 2. The molecule has 1 saturated heterocycles. The maximum absolute atomic E-state index is 13.2. The molecule has 0 bridgehead atoms. The van der Waals surface area contributed by atoms with Gasteiger partial charge in [0.25, 0.3) is 11.5 Å². The number of benzene rings is 2. The summed E-state index contributed by atoms with van der Waals surface area (Å²) < 4.78 is 41.1. The molecular formula is C22H22FN5O5S. The summed E-state index contributed by atoms with van der Waals surface area (Å²) in [5, 5.41) is 4.52. The number of primary amides is 1. The van der Waals surface area contributed by atoms with Gasteiger partial charge in [-0.05, 0) is 36.8 Å². The Kier molecular flexibility index (Phi) is 6.44. The Morgan fingerprint density at radius 2 is 1.65 bits per heavy atom. The second-order valence-corrected chi connectivity index (χ2v) is 9.75. The van der Waals surface area contributed by atoms with Crippen molar-refractivity contribution in [2.45, 2.75) is 17.9 Å². The first-order valence-electron chi connectivity index (χ1n) is 10.5. The van der Waals surface area contributed by atoms with Crippen LogP contribution in [-0.4, -0.2) is 65.4 Å². The van der Waals surface area contributed by atoms with Gasteiger partial charge in [0.1, 0.15) is 12.4 Å². The van der Waals surface area contributed by atoms with Gasteiger partial charge >= 0.3 is 0 Å². The summed E-state index contributed by atoms with van der Waals surface area (Å²) in [5.41, 5.74) is 4.76. The SMILES string of the molecule is NC(=O)c1nn(CC(=O)N2CCCN(S(=O)(=O)c3ccc(F)cc3)CC2)c(=O)c2ccccc12. The van der Waals surface area contributed by atoms with Crippen molar-refractivity contribution in [3.63, 3.8) is 0 Å². The number of sulfonamides is 1. The van der Waals surface area contributed by atoms with Crippen molar-refractivity contribution < 1.29 is 22.4 Å². The first-order valence-corrected chi connectivity index (χ1v) is 12.0. The van der Waals surface area contributed by atoms with Crippen LogP contribution in [0.2, 0.25) is 0 Å². The third kappa shape index (κ3) is 4.54. The number of halogens is 1. The van der Waals surface area contributed by atoms with Crippen LogP contribution in [0.15, 0.2) is 58.2 Å². The highest BCUT2D eigenvalue weighted by Gasteiger charge is 2.28. The van der Waals surface area contributed by atoms with Crippen molar-refractivity contribution >= 4 is 32.6 Å². The average Bonchev–Trinajstić information content (AvgIpc) is 3.08. The fraction of sp³-hybridized carbons (Fsp3) is 0.273. The predicted molar refractivity (Wildman–Crippen MR) is 121 cm³/mol. The first kappa shape index (κ1) is 23.5.